The quantitative estimate of drug-likeness (QED) is 0.793. The maximum atomic E-state index is 12.8. The SMILES string of the molecule is COc1ccc(CCl)cc1S(=O)(=O)N1CCSC(C)C1. The van der Waals surface area contributed by atoms with E-state index in [4.69, 9.17) is 16.3 Å². The Bertz CT molecular complexity index is 577. The van der Waals surface area contributed by atoms with Gasteiger partial charge in [0, 0.05) is 30.0 Å². The first kappa shape index (κ1) is 15.9. The zero-order chi connectivity index (χ0) is 14.8. The van der Waals surface area contributed by atoms with Gasteiger partial charge >= 0.3 is 0 Å². The summed E-state index contributed by atoms with van der Waals surface area (Å²) < 4.78 is 32.3. The number of hydrogen-bond acceptors (Lipinski definition) is 4. The smallest absolute Gasteiger partial charge is 0.246 e. The molecule has 1 fully saturated rings. The molecule has 20 heavy (non-hydrogen) atoms. The molecule has 0 amide bonds. The Morgan fingerprint density at radius 2 is 2.25 bits per heavy atom. The van der Waals surface area contributed by atoms with Crippen LogP contribution in [0.4, 0.5) is 0 Å². The van der Waals surface area contributed by atoms with Crippen molar-refractivity contribution in [3.8, 4) is 5.75 Å². The van der Waals surface area contributed by atoms with E-state index in [9.17, 15) is 8.42 Å². The second-order valence-electron chi connectivity index (χ2n) is 4.66. The van der Waals surface area contributed by atoms with Crippen molar-refractivity contribution in [1.82, 2.24) is 4.31 Å². The van der Waals surface area contributed by atoms with Crippen LogP contribution in [-0.2, 0) is 15.9 Å². The van der Waals surface area contributed by atoms with Gasteiger partial charge < -0.3 is 4.74 Å². The van der Waals surface area contributed by atoms with Crippen molar-refractivity contribution in [2.24, 2.45) is 0 Å². The van der Waals surface area contributed by atoms with Gasteiger partial charge in [-0.25, -0.2) is 8.42 Å². The maximum absolute atomic E-state index is 12.8. The number of ether oxygens (including phenoxy) is 1. The molecular weight excluding hydrogens is 318 g/mol. The fraction of sp³-hybridized carbons (Fsp3) is 0.538. The van der Waals surface area contributed by atoms with Crippen LogP contribution in [0.1, 0.15) is 12.5 Å². The Morgan fingerprint density at radius 3 is 2.85 bits per heavy atom. The summed E-state index contributed by atoms with van der Waals surface area (Å²) in [5.41, 5.74) is 0.769. The summed E-state index contributed by atoms with van der Waals surface area (Å²) in [5, 5.41) is 0.306. The molecule has 0 spiro atoms. The van der Waals surface area contributed by atoms with Gasteiger partial charge in [-0.3, -0.25) is 0 Å². The number of nitrogens with zero attached hydrogens (tertiary/aromatic N) is 1. The molecule has 1 aliphatic heterocycles. The van der Waals surface area contributed by atoms with Crippen molar-refractivity contribution in [2.75, 3.05) is 26.0 Å². The summed E-state index contributed by atoms with van der Waals surface area (Å²) in [4.78, 5) is 0.206. The van der Waals surface area contributed by atoms with E-state index in [-0.39, 0.29) is 10.8 Å². The minimum Gasteiger partial charge on any atom is -0.495 e. The molecule has 1 saturated heterocycles. The first-order valence-electron chi connectivity index (χ1n) is 6.33. The first-order chi connectivity index (χ1) is 9.48. The van der Waals surface area contributed by atoms with E-state index in [1.165, 1.54) is 11.4 Å². The molecule has 7 heteroatoms. The van der Waals surface area contributed by atoms with E-state index in [1.54, 1.807) is 30.0 Å². The van der Waals surface area contributed by atoms with Crippen molar-refractivity contribution < 1.29 is 13.2 Å². The highest BCUT2D eigenvalue weighted by Gasteiger charge is 2.31. The lowest BCUT2D eigenvalue weighted by molar-refractivity contribution is 0.391. The van der Waals surface area contributed by atoms with Gasteiger partial charge in [0.25, 0.3) is 0 Å². The Morgan fingerprint density at radius 1 is 1.50 bits per heavy atom. The van der Waals surface area contributed by atoms with Crippen molar-refractivity contribution >= 4 is 33.4 Å². The zero-order valence-electron chi connectivity index (χ0n) is 11.5. The molecule has 4 nitrogen and oxygen atoms in total. The van der Waals surface area contributed by atoms with Crippen LogP contribution in [0, 0.1) is 0 Å². The highest BCUT2D eigenvalue weighted by molar-refractivity contribution is 8.00. The van der Waals surface area contributed by atoms with E-state index in [0.717, 1.165) is 11.3 Å². The Kier molecular flexibility index (Phi) is 5.23. The van der Waals surface area contributed by atoms with Gasteiger partial charge in [0.2, 0.25) is 10.0 Å². The monoisotopic (exact) mass is 335 g/mol. The molecule has 2 rings (SSSR count). The van der Waals surface area contributed by atoms with Gasteiger partial charge in [-0.15, -0.1) is 11.6 Å². The van der Waals surface area contributed by atoms with Crippen molar-refractivity contribution in [2.45, 2.75) is 22.9 Å². The molecule has 1 atom stereocenters. The predicted octanol–water partition coefficient (Wildman–Crippen LogP) is 2.56. The van der Waals surface area contributed by atoms with Crippen LogP contribution in [0.25, 0.3) is 0 Å². The number of sulfonamides is 1. The summed E-state index contributed by atoms with van der Waals surface area (Å²) in [6.07, 6.45) is 0. The summed E-state index contributed by atoms with van der Waals surface area (Å²) in [6, 6.07) is 5.04. The second kappa shape index (κ2) is 6.56. The molecule has 0 saturated carbocycles. The average Bonchev–Trinajstić information content (AvgIpc) is 2.46. The molecule has 1 aliphatic rings. The van der Waals surface area contributed by atoms with Crippen LogP contribution in [0.5, 0.6) is 5.75 Å². The molecule has 1 aromatic carbocycles. The summed E-state index contributed by atoms with van der Waals surface area (Å²) >= 11 is 7.59. The van der Waals surface area contributed by atoms with Gasteiger partial charge in [0.1, 0.15) is 10.6 Å². The van der Waals surface area contributed by atoms with E-state index < -0.39 is 10.0 Å². The summed E-state index contributed by atoms with van der Waals surface area (Å²) in [7, 11) is -2.06. The largest absolute Gasteiger partial charge is 0.495 e. The Labute approximate surface area is 129 Å². The fourth-order valence-electron chi connectivity index (χ4n) is 2.15. The Balaban J connectivity index is 2.42. The van der Waals surface area contributed by atoms with E-state index in [1.807, 2.05) is 6.92 Å². The van der Waals surface area contributed by atoms with Crippen molar-refractivity contribution in [1.29, 1.82) is 0 Å². The topological polar surface area (TPSA) is 46.6 Å². The highest BCUT2D eigenvalue weighted by atomic mass is 35.5. The highest BCUT2D eigenvalue weighted by Crippen LogP contribution is 2.31. The van der Waals surface area contributed by atoms with Crippen molar-refractivity contribution in [3.63, 3.8) is 0 Å². The molecule has 0 radical (unpaired) electrons. The third-order valence-electron chi connectivity index (χ3n) is 3.20. The number of halogens is 1. The molecule has 112 valence electrons. The van der Waals surface area contributed by atoms with Crippen LogP contribution >= 0.6 is 23.4 Å². The van der Waals surface area contributed by atoms with Gasteiger partial charge in [-0.05, 0) is 17.7 Å². The van der Waals surface area contributed by atoms with E-state index in [0.29, 0.717) is 24.1 Å². The fourth-order valence-corrected chi connectivity index (χ4v) is 5.27. The van der Waals surface area contributed by atoms with Gasteiger partial charge in [0.05, 0.1) is 7.11 Å². The molecular formula is C13H18ClNO3S2. The number of rotatable bonds is 4. The van der Waals surface area contributed by atoms with Gasteiger partial charge in [0.15, 0.2) is 0 Å². The van der Waals surface area contributed by atoms with E-state index >= 15 is 0 Å². The number of methoxy groups -OCH3 is 1. The lowest BCUT2D eigenvalue weighted by Crippen LogP contribution is -2.41. The third-order valence-corrected chi connectivity index (χ3v) is 6.54. The van der Waals surface area contributed by atoms with Crippen LogP contribution < -0.4 is 4.74 Å². The summed E-state index contributed by atoms with van der Waals surface area (Å²) in [5.74, 6) is 1.46. The summed E-state index contributed by atoms with van der Waals surface area (Å²) in [6.45, 7) is 3.10. The normalized spacial score (nSPS) is 20.9. The number of benzene rings is 1. The lowest BCUT2D eigenvalue weighted by atomic mass is 10.2. The molecule has 0 aliphatic carbocycles. The van der Waals surface area contributed by atoms with E-state index in [2.05, 4.69) is 0 Å². The predicted molar refractivity (Wildman–Crippen MR) is 83.2 cm³/mol. The molecule has 1 heterocycles. The van der Waals surface area contributed by atoms with Crippen molar-refractivity contribution in [3.05, 3.63) is 23.8 Å². The number of thioether (sulfide) groups is 1. The molecule has 0 N–H and O–H groups in total. The van der Waals surface area contributed by atoms with Crippen LogP contribution in [0.3, 0.4) is 0 Å². The zero-order valence-corrected chi connectivity index (χ0v) is 13.9. The third kappa shape index (κ3) is 3.24. The standard InChI is InChI=1S/C13H18ClNO3S2/c1-10-9-15(5-6-19-10)20(16,17)13-7-11(8-14)3-4-12(13)18-2/h3-4,7,10H,5-6,8-9H2,1-2H3. The maximum Gasteiger partial charge on any atom is 0.246 e. The molecule has 0 bridgehead atoms. The Hall–Kier alpha value is -0.430. The minimum atomic E-state index is -3.53. The first-order valence-corrected chi connectivity index (χ1v) is 9.36. The number of alkyl halides is 1. The van der Waals surface area contributed by atoms with Gasteiger partial charge in [-0.2, -0.15) is 16.1 Å². The van der Waals surface area contributed by atoms with Crippen LogP contribution in [0.15, 0.2) is 23.1 Å². The van der Waals surface area contributed by atoms with Gasteiger partial charge in [-0.1, -0.05) is 13.0 Å². The lowest BCUT2D eigenvalue weighted by Gasteiger charge is -2.30. The number of hydrogen-bond donors (Lipinski definition) is 0. The van der Waals surface area contributed by atoms with Crippen LogP contribution in [0.2, 0.25) is 0 Å². The molecule has 0 aromatic heterocycles. The second-order valence-corrected chi connectivity index (χ2v) is 8.38. The average molecular weight is 336 g/mol. The molecule has 1 aromatic rings. The molecule has 1 unspecified atom stereocenters. The minimum absolute atomic E-state index is 0.206. The van der Waals surface area contributed by atoms with Crippen LogP contribution in [-0.4, -0.2) is 43.9 Å².